The van der Waals surface area contributed by atoms with Crippen molar-refractivity contribution in [2.24, 2.45) is 74.4 Å². The number of cyclic esters (lactones) is 1. The fourth-order valence-corrected chi connectivity index (χ4v) is 16.6. The van der Waals surface area contributed by atoms with Crippen LogP contribution in [-0.2, 0) is 76.9 Å². The smallest absolute Gasteiger partial charge is 0.350 e. The molecule has 0 aromatic heterocycles. The summed E-state index contributed by atoms with van der Waals surface area (Å²) in [6, 6.07) is 11.0. The molecular formula is C61H92O15S. The number of carbonyl (C=O) groups excluding carboxylic acids is 6. The Balaban J connectivity index is 0.000000150. The van der Waals surface area contributed by atoms with E-state index in [-0.39, 0.29) is 80.7 Å². The maximum atomic E-state index is 13.1. The van der Waals surface area contributed by atoms with Crippen molar-refractivity contribution in [1.29, 1.82) is 0 Å². The van der Waals surface area contributed by atoms with Crippen molar-refractivity contribution >= 4 is 45.9 Å². The van der Waals surface area contributed by atoms with E-state index in [4.69, 9.17) is 27.9 Å². The SMILES string of the molecule is CC.CC(C)(C)COC(=O)C12CC3CC(C(=O)O1)C2C3.CC(C)(C)COC(=O)C12CC3CC(C1)CC(c1ccccc1)(C3)C2.CC(C)(C)COC(=O)C12CC3CC1C(C3)S(=O)(=O)O2.CC(C)(C)COC(=O)C1CCOC1=O. The van der Waals surface area contributed by atoms with E-state index >= 15 is 0 Å². The van der Waals surface area contributed by atoms with Gasteiger partial charge in [0.05, 0.1) is 49.6 Å². The molecule has 8 bridgehead atoms. The molecule has 432 valence electrons. The molecule has 3 saturated heterocycles. The highest BCUT2D eigenvalue weighted by atomic mass is 32.2. The van der Waals surface area contributed by atoms with Gasteiger partial charge in [0, 0.05) is 24.7 Å². The summed E-state index contributed by atoms with van der Waals surface area (Å²) in [6.45, 7) is 30.1. The van der Waals surface area contributed by atoms with Gasteiger partial charge in [0.25, 0.3) is 10.1 Å². The first-order valence-electron chi connectivity index (χ1n) is 28.7. The normalized spacial score (nSPS) is 35.8. The third-order valence-corrected chi connectivity index (χ3v) is 19.0. The van der Waals surface area contributed by atoms with Crippen LogP contribution < -0.4 is 0 Å². The van der Waals surface area contributed by atoms with Crippen molar-refractivity contribution in [2.75, 3.05) is 33.0 Å². The number of fused-ring (bicyclic) bond motifs is 2. The molecule has 3 aliphatic heterocycles. The summed E-state index contributed by atoms with van der Waals surface area (Å²) in [7, 11) is -3.59. The third-order valence-electron chi connectivity index (χ3n) is 17.2. The van der Waals surface area contributed by atoms with E-state index in [1.54, 1.807) is 0 Å². The number of ether oxygens (including phenoxy) is 6. The van der Waals surface area contributed by atoms with Crippen molar-refractivity contribution in [2.45, 2.75) is 202 Å². The minimum absolute atomic E-state index is 0.0368. The maximum absolute atomic E-state index is 13.1. The molecular weight excluding hydrogens is 1000 g/mol. The molecule has 11 aliphatic rings. The standard InChI is InChI=1S/C22H30O2.C14H20O4.C13H20O5S.C10H16O4.C2H6/c1-20(2,3)15-24-19(23)22-12-16-9-17(13-22)11-21(10-16,14-22)18-7-5-4-6-8-18;1-13(2,3)7-17-12(16)14-6-8-4-9(10(14)5-8)11(15)18-14;1-12(2,3)7-17-11(14)13-6-8-4-9(13)10(5-8)19(15,16)18-13;1-10(2,3)6-14-9(12)7-4-5-13-8(7)11;1-2/h4-8,16-17H,9-15H2,1-3H3;8-10H,4-7H2,1-3H3;8-10H,4-7H2,1-3H3;7H,4-6H2,1-3H3;1-2H3. The average Bonchev–Trinajstić information content (AvgIpc) is 4.21. The molecule has 1 aromatic rings. The van der Waals surface area contributed by atoms with Crippen LogP contribution in [0.3, 0.4) is 0 Å². The Kier molecular flexibility index (Phi) is 17.4. The van der Waals surface area contributed by atoms with E-state index in [0.29, 0.717) is 69.9 Å². The zero-order chi connectivity index (χ0) is 57.0. The van der Waals surface area contributed by atoms with Crippen LogP contribution in [0.15, 0.2) is 30.3 Å². The van der Waals surface area contributed by atoms with Crippen molar-refractivity contribution in [3.05, 3.63) is 35.9 Å². The predicted octanol–water partition coefficient (Wildman–Crippen LogP) is 10.7. The molecule has 15 nitrogen and oxygen atoms in total. The number of rotatable bonds is 9. The summed E-state index contributed by atoms with van der Waals surface area (Å²) in [5.74, 6) is -0.529. The molecule has 11 fully saturated rings. The van der Waals surface area contributed by atoms with Crippen LogP contribution in [-0.4, -0.2) is 93.7 Å². The van der Waals surface area contributed by atoms with Gasteiger partial charge in [-0.2, -0.15) is 8.42 Å². The van der Waals surface area contributed by atoms with E-state index < -0.39 is 50.4 Å². The Morgan fingerprint density at radius 1 is 0.571 bits per heavy atom. The molecule has 12 rings (SSSR count). The largest absolute Gasteiger partial charge is 0.465 e. The van der Waals surface area contributed by atoms with Crippen LogP contribution in [0.5, 0.6) is 0 Å². The van der Waals surface area contributed by atoms with Crippen LogP contribution in [0.4, 0.5) is 0 Å². The number of hydrogen-bond acceptors (Lipinski definition) is 15. The van der Waals surface area contributed by atoms with Crippen LogP contribution in [0.2, 0.25) is 0 Å². The summed E-state index contributed by atoms with van der Waals surface area (Å²) in [6.07, 6.45) is 11.8. The minimum Gasteiger partial charge on any atom is -0.465 e. The molecule has 0 N–H and O–H groups in total. The first-order chi connectivity index (χ1) is 35.7. The van der Waals surface area contributed by atoms with Gasteiger partial charge in [0.15, 0.2) is 11.5 Å². The molecule has 0 radical (unpaired) electrons. The first-order valence-corrected chi connectivity index (χ1v) is 30.2. The Morgan fingerprint density at radius 2 is 1.06 bits per heavy atom. The van der Waals surface area contributed by atoms with Gasteiger partial charge in [0.2, 0.25) is 5.60 Å². The van der Waals surface area contributed by atoms with E-state index in [1.807, 2.05) is 76.2 Å². The predicted molar refractivity (Wildman–Crippen MR) is 288 cm³/mol. The molecule has 11 atom stereocenters. The average molecular weight is 1100 g/mol. The van der Waals surface area contributed by atoms with Gasteiger partial charge in [-0.15, -0.1) is 0 Å². The second-order valence-electron chi connectivity index (χ2n) is 29.2. The molecule has 11 unspecified atom stereocenters. The monoisotopic (exact) mass is 1100 g/mol. The van der Waals surface area contributed by atoms with Gasteiger partial charge in [-0.05, 0) is 127 Å². The number of benzene rings is 1. The molecule has 0 spiro atoms. The molecule has 0 amide bonds. The Labute approximate surface area is 459 Å². The summed E-state index contributed by atoms with van der Waals surface area (Å²) < 4.78 is 60.9. The molecule has 8 aliphatic carbocycles. The highest BCUT2D eigenvalue weighted by Gasteiger charge is 2.72. The van der Waals surface area contributed by atoms with Crippen LogP contribution >= 0.6 is 0 Å². The Bertz CT molecular complexity index is 2440. The van der Waals surface area contributed by atoms with Gasteiger partial charge in [-0.25, -0.2) is 9.59 Å². The summed E-state index contributed by atoms with van der Waals surface area (Å²) in [5, 5.41) is -0.492. The molecule has 77 heavy (non-hydrogen) atoms. The summed E-state index contributed by atoms with van der Waals surface area (Å²) in [5.41, 5.74) is -0.933. The maximum Gasteiger partial charge on any atom is 0.350 e. The highest BCUT2D eigenvalue weighted by Crippen LogP contribution is 2.66. The first kappa shape index (κ1) is 60.6. The van der Waals surface area contributed by atoms with Crippen molar-refractivity contribution in [1.82, 2.24) is 0 Å². The van der Waals surface area contributed by atoms with Crippen molar-refractivity contribution in [3.8, 4) is 0 Å². The fraction of sp³-hybridized carbons (Fsp3) is 0.803. The lowest BCUT2D eigenvalue weighted by molar-refractivity contribution is -0.178. The minimum atomic E-state index is -3.59. The van der Waals surface area contributed by atoms with Crippen molar-refractivity contribution < 1.29 is 69.8 Å². The number of hydrogen-bond donors (Lipinski definition) is 0. The number of carbonyl (C=O) groups is 6. The Hall–Kier alpha value is -4.05. The second-order valence-corrected chi connectivity index (χ2v) is 31.0. The van der Waals surface area contributed by atoms with Crippen LogP contribution in [0.25, 0.3) is 0 Å². The van der Waals surface area contributed by atoms with Gasteiger partial charge in [0.1, 0.15) is 0 Å². The van der Waals surface area contributed by atoms with Crippen molar-refractivity contribution in [3.63, 3.8) is 0 Å². The summed E-state index contributed by atoms with van der Waals surface area (Å²) >= 11 is 0. The molecule has 1 aromatic carbocycles. The molecule has 16 heteroatoms. The van der Waals surface area contributed by atoms with Gasteiger partial charge in [-0.3, -0.25) is 23.4 Å². The van der Waals surface area contributed by atoms with Gasteiger partial charge < -0.3 is 28.4 Å². The second kappa shape index (κ2) is 22.1. The summed E-state index contributed by atoms with van der Waals surface area (Å²) in [4.78, 5) is 71.9. The van der Waals surface area contributed by atoms with E-state index in [0.717, 1.165) is 38.5 Å². The topological polar surface area (TPSA) is 201 Å². The fourth-order valence-electron chi connectivity index (χ4n) is 14.6. The van der Waals surface area contributed by atoms with Gasteiger partial charge >= 0.3 is 35.8 Å². The molecule has 8 saturated carbocycles. The molecule has 3 heterocycles. The van der Waals surface area contributed by atoms with Gasteiger partial charge in [-0.1, -0.05) is 127 Å². The van der Waals surface area contributed by atoms with E-state index in [9.17, 15) is 37.2 Å². The van der Waals surface area contributed by atoms with Crippen LogP contribution in [0, 0.1) is 74.4 Å². The highest BCUT2D eigenvalue weighted by molar-refractivity contribution is 7.87. The lowest BCUT2D eigenvalue weighted by atomic mass is 9.43. The van der Waals surface area contributed by atoms with E-state index in [2.05, 4.69) is 55.8 Å². The zero-order valence-electron chi connectivity index (χ0n) is 48.8. The third kappa shape index (κ3) is 13.3. The van der Waals surface area contributed by atoms with Crippen LogP contribution in [0.1, 0.15) is 186 Å². The number of esters is 6. The Morgan fingerprint density at radius 3 is 1.57 bits per heavy atom. The zero-order valence-corrected chi connectivity index (χ0v) is 49.7. The van der Waals surface area contributed by atoms with E-state index in [1.165, 1.54) is 24.8 Å². The lowest BCUT2D eigenvalue weighted by Gasteiger charge is -2.61. The lowest BCUT2D eigenvalue weighted by Crippen LogP contribution is -2.57. The quantitative estimate of drug-likeness (QED) is 0.0977.